The predicted octanol–water partition coefficient (Wildman–Crippen LogP) is 9.05. The number of fused-ring (bicyclic) bond motifs is 1. The molecule has 0 radical (unpaired) electrons. The molecule has 6 nitrogen and oxygen atoms in total. The number of benzene rings is 3. The number of nitrogens with zero attached hydrogens (tertiary/aromatic N) is 2. The maximum Gasteiger partial charge on any atom is 0.305 e. The third-order valence-corrected chi connectivity index (χ3v) is 8.30. The van der Waals surface area contributed by atoms with Gasteiger partial charge in [0.2, 0.25) is 5.78 Å². The molecule has 0 atom stereocenters. The summed E-state index contributed by atoms with van der Waals surface area (Å²) in [6.07, 6.45) is 5.49. The van der Waals surface area contributed by atoms with E-state index in [4.69, 9.17) is 9.72 Å². The minimum Gasteiger partial charge on any atom is -0.466 e. The van der Waals surface area contributed by atoms with E-state index >= 15 is 0 Å². The zero-order chi connectivity index (χ0) is 33.3. The van der Waals surface area contributed by atoms with Gasteiger partial charge in [-0.05, 0) is 103 Å². The lowest BCUT2D eigenvalue weighted by Crippen LogP contribution is -2.13. The smallest absolute Gasteiger partial charge is 0.305 e. The quantitative estimate of drug-likeness (QED) is 0.0924. The lowest BCUT2D eigenvalue weighted by atomic mass is 9.93. The van der Waals surface area contributed by atoms with Crippen molar-refractivity contribution in [3.8, 4) is 0 Å². The Bertz CT molecular complexity index is 1710. The number of imidazole rings is 1. The number of ether oxygens (including phenoxy) is 1. The highest BCUT2D eigenvalue weighted by molar-refractivity contribution is 6.07. The largest absolute Gasteiger partial charge is 0.466 e. The SMILES string of the molecule is CCOC(=O)CCCc1nc(C(=O)c2ccc(NC(c3ccc(CC(C)C)cc3)c3ccc(CC(C)C)cc3)cc2)n2ccccc12. The number of carbonyl (C=O) groups is 2. The Morgan fingerprint density at radius 2 is 1.38 bits per heavy atom. The summed E-state index contributed by atoms with van der Waals surface area (Å²) in [5.41, 5.74) is 8.23. The maximum atomic E-state index is 13.8. The van der Waals surface area contributed by atoms with Crippen molar-refractivity contribution in [3.05, 3.63) is 137 Å². The molecule has 0 spiro atoms. The average Bonchev–Trinajstić information content (AvgIpc) is 3.43. The minimum atomic E-state index is -0.213. The van der Waals surface area contributed by atoms with Gasteiger partial charge in [-0.15, -0.1) is 0 Å². The number of anilines is 1. The summed E-state index contributed by atoms with van der Waals surface area (Å²) in [5, 5.41) is 3.74. The summed E-state index contributed by atoms with van der Waals surface area (Å²) in [7, 11) is 0. The number of hydrogen-bond acceptors (Lipinski definition) is 5. The Kier molecular flexibility index (Phi) is 11.3. The second-order valence-electron chi connectivity index (χ2n) is 13.2. The van der Waals surface area contributed by atoms with Gasteiger partial charge in [0, 0.05) is 23.9 Å². The van der Waals surface area contributed by atoms with E-state index in [0.717, 1.165) is 29.7 Å². The topological polar surface area (TPSA) is 72.7 Å². The molecule has 0 amide bonds. The third-order valence-electron chi connectivity index (χ3n) is 8.30. The summed E-state index contributed by atoms with van der Waals surface area (Å²) in [5.74, 6) is 1.22. The van der Waals surface area contributed by atoms with Crippen LogP contribution in [-0.4, -0.2) is 27.7 Å². The van der Waals surface area contributed by atoms with Gasteiger partial charge >= 0.3 is 5.97 Å². The van der Waals surface area contributed by atoms with Crippen molar-refractivity contribution in [1.29, 1.82) is 0 Å². The van der Waals surface area contributed by atoms with Crippen LogP contribution in [0, 0.1) is 11.8 Å². The first-order valence-corrected chi connectivity index (χ1v) is 16.9. The molecule has 5 rings (SSSR count). The number of aryl methyl sites for hydroxylation is 1. The van der Waals surface area contributed by atoms with E-state index in [-0.39, 0.29) is 17.8 Å². The second-order valence-corrected chi connectivity index (χ2v) is 13.2. The number of rotatable bonds is 15. The number of nitrogens with one attached hydrogen (secondary N) is 1. The Balaban J connectivity index is 1.37. The molecule has 0 fully saturated rings. The van der Waals surface area contributed by atoms with Gasteiger partial charge in [-0.3, -0.25) is 14.0 Å². The first-order chi connectivity index (χ1) is 22.7. The Labute approximate surface area is 279 Å². The molecule has 0 aliphatic rings. The molecule has 0 aliphatic heterocycles. The number of ketones is 1. The summed E-state index contributed by atoms with van der Waals surface area (Å²) < 4.78 is 6.91. The first-order valence-electron chi connectivity index (χ1n) is 16.9. The Morgan fingerprint density at radius 3 is 1.94 bits per heavy atom. The van der Waals surface area contributed by atoms with Crippen molar-refractivity contribution < 1.29 is 14.3 Å². The van der Waals surface area contributed by atoms with Gasteiger partial charge < -0.3 is 10.1 Å². The molecule has 47 heavy (non-hydrogen) atoms. The van der Waals surface area contributed by atoms with Crippen molar-refractivity contribution in [1.82, 2.24) is 9.38 Å². The average molecular weight is 630 g/mol. The summed E-state index contributed by atoms with van der Waals surface area (Å²) in [6, 6.07) is 31.2. The van der Waals surface area contributed by atoms with E-state index < -0.39 is 0 Å². The molecule has 0 aliphatic carbocycles. The van der Waals surface area contributed by atoms with Crippen LogP contribution in [0.2, 0.25) is 0 Å². The van der Waals surface area contributed by atoms with Gasteiger partial charge in [0.15, 0.2) is 5.82 Å². The molecule has 0 saturated heterocycles. The normalized spacial score (nSPS) is 11.5. The molecule has 2 heterocycles. The van der Waals surface area contributed by atoms with Crippen molar-refractivity contribution in [2.75, 3.05) is 11.9 Å². The van der Waals surface area contributed by atoms with E-state index in [1.807, 2.05) is 53.1 Å². The molecule has 0 bridgehead atoms. The van der Waals surface area contributed by atoms with E-state index in [1.54, 1.807) is 6.92 Å². The molecular formula is C41H47N3O3. The molecule has 3 aromatic carbocycles. The summed E-state index contributed by atoms with van der Waals surface area (Å²) >= 11 is 0. The first kappa shape index (κ1) is 33.6. The van der Waals surface area contributed by atoms with Crippen LogP contribution in [0.3, 0.4) is 0 Å². The van der Waals surface area contributed by atoms with Gasteiger partial charge in [-0.25, -0.2) is 4.98 Å². The van der Waals surface area contributed by atoms with Crippen LogP contribution in [0.1, 0.15) is 97.6 Å². The molecule has 6 heteroatoms. The highest BCUT2D eigenvalue weighted by Gasteiger charge is 2.20. The molecule has 1 N–H and O–H groups in total. The maximum absolute atomic E-state index is 13.8. The predicted molar refractivity (Wildman–Crippen MR) is 190 cm³/mol. The second kappa shape index (κ2) is 15.7. The fourth-order valence-electron chi connectivity index (χ4n) is 6.09. The minimum absolute atomic E-state index is 0.0499. The van der Waals surface area contributed by atoms with Gasteiger partial charge in [0.1, 0.15) is 0 Å². The summed E-state index contributed by atoms with van der Waals surface area (Å²) in [4.78, 5) is 30.3. The number of hydrogen-bond donors (Lipinski definition) is 1. The monoisotopic (exact) mass is 629 g/mol. The molecule has 0 saturated carbocycles. The van der Waals surface area contributed by atoms with Crippen LogP contribution in [0.4, 0.5) is 5.69 Å². The van der Waals surface area contributed by atoms with E-state index in [1.165, 1.54) is 22.3 Å². The van der Waals surface area contributed by atoms with Crippen molar-refractivity contribution in [2.45, 2.75) is 72.8 Å². The van der Waals surface area contributed by atoms with Gasteiger partial charge in [0.05, 0.1) is 23.9 Å². The highest BCUT2D eigenvalue weighted by atomic mass is 16.5. The van der Waals surface area contributed by atoms with Crippen molar-refractivity contribution >= 4 is 23.0 Å². The van der Waals surface area contributed by atoms with Gasteiger partial charge in [-0.1, -0.05) is 82.3 Å². The van der Waals surface area contributed by atoms with E-state index in [0.29, 0.717) is 49.1 Å². The zero-order valence-electron chi connectivity index (χ0n) is 28.3. The lowest BCUT2D eigenvalue weighted by Gasteiger charge is -2.22. The van der Waals surface area contributed by atoms with E-state index in [2.05, 4.69) is 81.5 Å². The number of pyridine rings is 1. The Morgan fingerprint density at radius 1 is 0.787 bits per heavy atom. The number of aromatic nitrogens is 2. The molecule has 244 valence electrons. The molecular weight excluding hydrogens is 582 g/mol. The Hall–Kier alpha value is -4.71. The van der Waals surface area contributed by atoms with Crippen molar-refractivity contribution in [3.63, 3.8) is 0 Å². The standard InChI is InChI=1S/C41H47N3O3/c1-6-47-38(45)12-9-10-36-37-11-7-8-25-44(37)41(43-36)40(46)34-21-23-35(24-22-34)42-39(32-17-13-30(14-18-32)26-28(2)3)33-19-15-31(16-20-33)27-29(4)5/h7-8,11,13-25,28-29,39,42H,6,9-10,12,26-27H2,1-5H3. The molecule has 0 unspecified atom stereocenters. The van der Waals surface area contributed by atoms with Crippen LogP contribution in [0.15, 0.2) is 97.2 Å². The molecule has 5 aromatic rings. The number of esters is 1. The molecule has 2 aromatic heterocycles. The van der Waals surface area contributed by atoms with Crippen LogP contribution >= 0.6 is 0 Å². The zero-order valence-corrected chi connectivity index (χ0v) is 28.3. The lowest BCUT2D eigenvalue weighted by molar-refractivity contribution is -0.143. The van der Waals surface area contributed by atoms with E-state index in [9.17, 15) is 9.59 Å². The number of carbonyl (C=O) groups excluding carboxylic acids is 2. The van der Waals surface area contributed by atoms with Crippen LogP contribution in [-0.2, 0) is 28.8 Å². The van der Waals surface area contributed by atoms with Crippen molar-refractivity contribution in [2.24, 2.45) is 11.8 Å². The third kappa shape index (κ3) is 8.76. The van der Waals surface area contributed by atoms with Crippen LogP contribution in [0.25, 0.3) is 5.52 Å². The van der Waals surface area contributed by atoms with Crippen LogP contribution < -0.4 is 5.32 Å². The van der Waals surface area contributed by atoms with Gasteiger partial charge in [-0.2, -0.15) is 0 Å². The fraction of sp³-hybridized carbons (Fsp3) is 0.341. The van der Waals surface area contributed by atoms with Crippen LogP contribution in [0.5, 0.6) is 0 Å². The summed E-state index contributed by atoms with van der Waals surface area (Å²) in [6.45, 7) is 11.2. The highest BCUT2D eigenvalue weighted by Crippen LogP contribution is 2.29. The van der Waals surface area contributed by atoms with Gasteiger partial charge in [0.25, 0.3) is 0 Å². The fourth-order valence-corrected chi connectivity index (χ4v) is 6.09.